The molecule has 0 spiro atoms. The van der Waals surface area contributed by atoms with E-state index >= 15 is 0 Å². The van der Waals surface area contributed by atoms with Crippen LogP contribution < -0.4 is 5.32 Å². The summed E-state index contributed by atoms with van der Waals surface area (Å²) in [5.74, 6) is -1.28. The van der Waals surface area contributed by atoms with Gasteiger partial charge in [0.15, 0.2) is 5.69 Å². The van der Waals surface area contributed by atoms with Crippen molar-refractivity contribution in [1.82, 2.24) is 20.3 Å². The Kier molecular flexibility index (Phi) is 6.51. The predicted octanol–water partition coefficient (Wildman–Crippen LogP) is -0.0908. The van der Waals surface area contributed by atoms with Crippen LogP contribution in [0, 0.1) is 0 Å². The third kappa shape index (κ3) is 5.96. The summed E-state index contributed by atoms with van der Waals surface area (Å²) < 4.78 is 6.26. The van der Waals surface area contributed by atoms with Crippen molar-refractivity contribution in [1.29, 1.82) is 0 Å². The van der Waals surface area contributed by atoms with Crippen LogP contribution in [0.15, 0.2) is 6.20 Å². The topological polar surface area (TPSA) is 106 Å². The SMILES string of the molecule is CCOC(=O)CCCNCCn1cc(C(=O)O)nn1. The van der Waals surface area contributed by atoms with E-state index in [9.17, 15) is 9.59 Å². The molecule has 106 valence electrons. The van der Waals surface area contributed by atoms with Crippen molar-refractivity contribution in [2.45, 2.75) is 26.3 Å². The molecule has 0 amide bonds. The summed E-state index contributed by atoms with van der Waals surface area (Å²) in [4.78, 5) is 21.6. The van der Waals surface area contributed by atoms with Crippen LogP contribution in [0.1, 0.15) is 30.3 Å². The second-order valence-corrected chi connectivity index (χ2v) is 3.83. The van der Waals surface area contributed by atoms with E-state index in [0.29, 0.717) is 39.1 Å². The molecular formula is C11H18N4O4. The largest absolute Gasteiger partial charge is 0.476 e. The van der Waals surface area contributed by atoms with Gasteiger partial charge in [-0.15, -0.1) is 5.10 Å². The number of ether oxygens (including phenoxy) is 1. The summed E-state index contributed by atoms with van der Waals surface area (Å²) in [5, 5.41) is 19.0. The summed E-state index contributed by atoms with van der Waals surface area (Å²) in [6.07, 6.45) is 2.48. The number of carboxylic acid groups (broad SMARTS) is 1. The van der Waals surface area contributed by atoms with Crippen LogP contribution in [0.4, 0.5) is 0 Å². The highest BCUT2D eigenvalue weighted by molar-refractivity contribution is 5.84. The lowest BCUT2D eigenvalue weighted by Gasteiger charge is -2.04. The van der Waals surface area contributed by atoms with Crippen LogP contribution >= 0.6 is 0 Å². The Morgan fingerprint density at radius 3 is 2.89 bits per heavy atom. The van der Waals surface area contributed by atoms with Crippen LogP contribution in [-0.2, 0) is 16.1 Å². The first-order chi connectivity index (χ1) is 9.13. The smallest absolute Gasteiger partial charge is 0.358 e. The molecule has 2 N–H and O–H groups in total. The normalized spacial score (nSPS) is 10.4. The molecule has 0 atom stereocenters. The number of hydrogen-bond donors (Lipinski definition) is 2. The molecule has 0 bridgehead atoms. The van der Waals surface area contributed by atoms with E-state index in [1.807, 2.05) is 0 Å². The van der Waals surface area contributed by atoms with Crippen molar-refractivity contribution in [3.8, 4) is 0 Å². The molecule has 8 heteroatoms. The maximum atomic E-state index is 11.0. The van der Waals surface area contributed by atoms with Crippen molar-refractivity contribution >= 4 is 11.9 Å². The minimum absolute atomic E-state index is 0.0673. The van der Waals surface area contributed by atoms with Gasteiger partial charge in [-0.1, -0.05) is 5.21 Å². The average molecular weight is 270 g/mol. The number of carboxylic acids is 1. The van der Waals surface area contributed by atoms with E-state index in [1.165, 1.54) is 10.9 Å². The molecule has 0 aliphatic carbocycles. The fourth-order valence-electron chi connectivity index (χ4n) is 1.42. The zero-order chi connectivity index (χ0) is 14.1. The van der Waals surface area contributed by atoms with Gasteiger partial charge in [0.2, 0.25) is 0 Å². The van der Waals surface area contributed by atoms with Gasteiger partial charge in [-0.25, -0.2) is 4.79 Å². The fourth-order valence-corrected chi connectivity index (χ4v) is 1.42. The molecule has 8 nitrogen and oxygen atoms in total. The van der Waals surface area contributed by atoms with Crippen molar-refractivity contribution in [3.05, 3.63) is 11.9 Å². The number of aromatic nitrogens is 3. The van der Waals surface area contributed by atoms with E-state index in [0.717, 1.165) is 0 Å². The molecule has 0 saturated carbocycles. The number of carbonyl (C=O) groups excluding carboxylic acids is 1. The van der Waals surface area contributed by atoms with Gasteiger partial charge in [-0.2, -0.15) is 0 Å². The Morgan fingerprint density at radius 2 is 2.26 bits per heavy atom. The van der Waals surface area contributed by atoms with E-state index in [1.54, 1.807) is 6.92 Å². The Labute approximate surface area is 110 Å². The Morgan fingerprint density at radius 1 is 1.47 bits per heavy atom. The molecule has 0 aliphatic heterocycles. The summed E-state index contributed by atoms with van der Waals surface area (Å²) in [6.45, 7) is 4.04. The maximum Gasteiger partial charge on any atom is 0.358 e. The maximum absolute atomic E-state index is 11.0. The number of hydrogen-bond acceptors (Lipinski definition) is 6. The molecule has 0 unspecified atom stereocenters. The van der Waals surface area contributed by atoms with Crippen molar-refractivity contribution in [2.24, 2.45) is 0 Å². The summed E-state index contributed by atoms with van der Waals surface area (Å²) >= 11 is 0. The monoisotopic (exact) mass is 270 g/mol. The zero-order valence-corrected chi connectivity index (χ0v) is 10.8. The highest BCUT2D eigenvalue weighted by atomic mass is 16.5. The van der Waals surface area contributed by atoms with Crippen LogP contribution in [0.25, 0.3) is 0 Å². The molecule has 1 heterocycles. The minimum Gasteiger partial charge on any atom is -0.476 e. The number of carbonyl (C=O) groups is 2. The Bertz CT molecular complexity index is 419. The summed E-state index contributed by atoms with van der Waals surface area (Å²) in [6, 6.07) is 0. The molecule has 1 aromatic rings. The molecule has 0 aromatic carbocycles. The van der Waals surface area contributed by atoms with Gasteiger partial charge in [-0.3, -0.25) is 9.48 Å². The highest BCUT2D eigenvalue weighted by Crippen LogP contribution is 1.93. The molecule has 0 saturated heterocycles. The van der Waals surface area contributed by atoms with Gasteiger partial charge < -0.3 is 15.2 Å². The second kappa shape index (κ2) is 8.20. The minimum atomic E-state index is -1.09. The lowest BCUT2D eigenvalue weighted by Crippen LogP contribution is -2.22. The van der Waals surface area contributed by atoms with Crippen molar-refractivity contribution < 1.29 is 19.4 Å². The Hall–Kier alpha value is -1.96. The third-order valence-corrected chi connectivity index (χ3v) is 2.32. The van der Waals surface area contributed by atoms with Gasteiger partial charge in [0.25, 0.3) is 0 Å². The molecule has 19 heavy (non-hydrogen) atoms. The first-order valence-corrected chi connectivity index (χ1v) is 6.13. The van der Waals surface area contributed by atoms with Gasteiger partial charge >= 0.3 is 11.9 Å². The fraction of sp³-hybridized carbons (Fsp3) is 0.636. The lowest BCUT2D eigenvalue weighted by molar-refractivity contribution is -0.143. The first kappa shape index (κ1) is 15.1. The van der Waals surface area contributed by atoms with Crippen LogP contribution in [0.2, 0.25) is 0 Å². The number of aromatic carboxylic acids is 1. The van der Waals surface area contributed by atoms with Gasteiger partial charge in [0.05, 0.1) is 19.3 Å². The number of nitrogens with one attached hydrogen (secondary N) is 1. The number of nitrogens with zero attached hydrogens (tertiary/aromatic N) is 3. The summed E-state index contributed by atoms with van der Waals surface area (Å²) in [7, 11) is 0. The molecule has 0 radical (unpaired) electrons. The van der Waals surface area contributed by atoms with Crippen molar-refractivity contribution in [3.63, 3.8) is 0 Å². The first-order valence-electron chi connectivity index (χ1n) is 6.13. The average Bonchev–Trinajstić information content (AvgIpc) is 2.83. The predicted molar refractivity (Wildman–Crippen MR) is 65.7 cm³/mol. The third-order valence-electron chi connectivity index (χ3n) is 2.32. The van der Waals surface area contributed by atoms with E-state index in [-0.39, 0.29) is 11.7 Å². The number of rotatable bonds is 9. The van der Waals surface area contributed by atoms with E-state index in [2.05, 4.69) is 15.6 Å². The Balaban J connectivity index is 2.07. The van der Waals surface area contributed by atoms with E-state index < -0.39 is 5.97 Å². The molecular weight excluding hydrogens is 252 g/mol. The van der Waals surface area contributed by atoms with Crippen LogP contribution in [-0.4, -0.2) is 51.7 Å². The van der Waals surface area contributed by atoms with Gasteiger partial charge in [0.1, 0.15) is 0 Å². The van der Waals surface area contributed by atoms with Crippen LogP contribution in [0.3, 0.4) is 0 Å². The highest BCUT2D eigenvalue weighted by Gasteiger charge is 2.07. The van der Waals surface area contributed by atoms with Crippen LogP contribution in [0.5, 0.6) is 0 Å². The second-order valence-electron chi connectivity index (χ2n) is 3.83. The van der Waals surface area contributed by atoms with E-state index in [4.69, 9.17) is 9.84 Å². The molecule has 1 rings (SSSR count). The summed E-state index contributed by atoms with van der Waals surface area (Å²) in [5.41, 5.74) is -0.0673. The molecule has 0 aliphatic rings. The van der Waals surface area contributed by atoms with Gasteiger partial charge in [0, 0.05) is 13.0 Å². The number of esters is 1. The standard InChI is InChI=1S/C11H18N4O4/c1-2-19-10(16)4-3-5-12-6-7-15-8-9(11(17)18)13-14-15/h8,12H,2-7H2,1H3,(H,17,18). The molecule has 1 aromatic heterocycles. The lowest BCUT2D eigenvalue weighted by atomic mass is 10.3. The van der Waals surface area contributed by atoms with Crippen molar-refractivity contribution in [2.75, 3.05) is 19.7 Å². The zero-order valence-electron chi connectivity index (χ0n) is 10.8. The quantitative estimate of drug-likeness (QED) is 0.477. The molecule has 0 fully saturated rings. The van der Waals surface area contributed by atoms with Gasteiger partial charge in [-0.05, 0) is 19.9 Å².